The summed E-state index contributed by atoms with van der Waals surface area (Å²) >= 11 is 6.45. The van der Waals surface area contributed by atoms with Crippen LogP contribution in [-0.2, 0) is 11.3 Å². The number of amides is 4. The molecule has 2 aromatic rings. The second-order valence-electron chi connectivity index (χ2n) is 9.13. The number of nitrogens with one attached hydrogen (secondary N) is 1. The van der Waals surface area contributed by atoms with Gasteiger partial charge in [-0.05, 0) is 56.0 Å². The molecule has 0 saturated carbocycles. The van der Waals surface area contributed by atoms with Crippen molar-refractivity contribution < 1.29 is 19.1 Å². The number of primary amides is 1. The molecule has 0 radical (unpaired) electrons. The van der Waals surface area contributed by atoms with Crippen molar-refractivity contribution in [1.29, 1.82) is 0 Å². The fraction of sp³-hybridized carbons (Fsp3) is 0.423. The van der Waals surface area contributed by atoms with Gasteiger partial charge < -0.3 is 25.6 Å². The number of hydrogen-bond acceptors (Lipinski definition) is 4. The molecule has 35 heavy (non-hydrogen) atoms. The average Bonchev–Trinajstić information content (AvgIpc) is 2.95. The number of rotatable bonds is 7. The maximum absolute atomic E-state index is 13.6. The molecule has 0 aliphatic carbocycles. The molecular formula is C26H33ClN4O4. The largest absolute Gasteiger partial charge is 0.494 e. The van der Waals surface area contributed by atoms with Crippen LogP contribution in [0.2, 0.25) is 5.02 Å². The summed E-state index contributed by atoms with van der Waals surface area (Å²) in [7, 11) is 0. The van der Waals surface area contributed by atoms with E-state index in [0.717, 1.165) is 5.56 Å². The third-order valence-corrected chi connectivity index (χ3v) is 6.25. The smallest absolute Gasteiger partial charge is 0.318 e. The first kappa shape index (κ1) is 26.3. The molecule has 4 amide bonds. The summed E-state index contributed by atoms with van der Waals surface area (Å²) < 4.78 is 5.48. The zero-order chi connectivity index (χ0) is 25.7. The summed E-state index contributed by atoms with van der Waals surface area (Å²) in [5.74, 6) is -0.0692. The Morgan fingerprint density at radius 3 is 2.54 bits per heavy atom. The second-order valence-corrected chi connectivity index (χ2v) is 9.54. The van der Waals surface area contributed by atoms with Crippen molar-refractivity contribution in [1.82, 2.24) is 10.2 Å². The van der Waals surface area contributed by atoms with E-state index in [1.807, 2.05) is 52.0 Å². The van der Waals surface area contributed by atoms with E-state index in [-0.39, 0.29) is 31.0 Å². The minimum absolute atomic E-state index is 0.182. The van der Waals surface area contributed by atoms with Crippen molar-refractivity contribution in [3.05, 3.63) is 58.6 Å². The Labute approximate surface area is 211 Å². The van der Waals surface area contributed by atoms with Gasteiger partial charge in [0.2, 0.25) is 5.91 Å². The van der Waals surface area contributed by atoms with Crippen LogP contribution in [0, 0.1) is 5.92 Å². The maximum Gasteiger partial charge on any atom is 0.318 e. The Hall–Kier alpha value is -3.26. The van der Waals surface area contributed by atoms with Crippen molar-refractivity contribution in [3.63, 3.8) is 0 Å². The molecule has 2 atom stereocenters. The van der Waals surface area contributed by atoms with Gasteiger partial charge in [0.15, 0.2) is 0 Å². The van der Waals surface area contributed by atoms with Gasteiger partial charge in [0, 0.05) is 24.8 Å². The van der Waals surface area contributed by atoms with Crippen LogP contribution in [0.3, 0.4) is 0 Å². The first-order chi connectivity index (χ1) is 16.6. The van der Waals surface area contributed by atoms with Crippen LogP contribution >= 0.6 is 11.6 Å². The molecule has 0 saturated heterocycles. The van der Waals surface area contributed by atoms with Gasteiger partial charge in [0.25, 0.3) is 5.91 Å². The predicted octanol–water partition coefficient (Wildman–Crippen LogP) is 4.20. The van der Waals surface area contributed by atoms with Gasteiger partial charge in [0.05, 0.1) is 17.2 Å². The van der Waals surface area contributed by atoms with Gasteiger partial charge in [-0.15, -0.1) is 0 Å². The van der Waals surface area contributed by atoms with Gasteiger partial charge in [0.1, 0.15) is 11.8 Å². The van der Waals surface area contributed by atoms with E-state index in [0.29, 0.717) is 35.1 Å². The molecule has 1 heterocycles. The number of nitrogens with zero attached hydrogens (tertiary/aromatic N) is 2. The Morgan fingerprint density at radius 1 is 1.20 bits per heavy atom. The van der Waals surface area contributed by atoms with E-state index in [4.69, 9.17) is 22.1 Å². The molecule has 8 nitrogen and oxygen atoms in total. The normalized spacial score (nSPS) is 16.3. The summed E-state index contributed by atoms with van der Waals surface area (Å²) in [5, 5.41) is 3.08. The standard InChI is InChI=1S/C26H33ClN4O4/c1-5-35-19-10-11-20(21(27)13-19)25(33)31-14-17(4)30(15-18-8-6-7-9-23(18)31)26(34)29-22(24(28)32)12-16(2)3/h6-11,13,16-17,22H,5,12,14-15H2,1-4H3,(H2,28,32)(H,29,34)/t17-,22+/m0/s1. The van der Waals surface area contributed by atoms with E-state index in [1.54, 1.807) is 28.0 Å². The highest BCUT2D eigenvalue weighted by Gasteiger charge is 2.33. The number of anilines is 1. The third-order valence-electron chi connectivity index (χ3n) is 5.94. The number of ether oxygens (including phenoxy) is 1. The van der Waals surface area contributed by atoms with Gasteiger partial charge in [-0.3, -0.25) is 9.59 Å². The fourth-order valence-electron chi connectivity index (χ4n) is 4.19. The topological polar surface area (TPSA) is 105 Å². The fourth-order valence-corrected chi connectivity index (χ4v) is 4.44. The number of benzene rings is 2. The first-order valence-electron chi connectivity index (χ1n) is 11.8. The number of nitrogens with two attached hydrogens (primary N) is 1. The second kappa shape index (κ2) is 11.4. The molecule has 0 fully saturated rings. The third kappa shape index (κ3) is 6.25. The Kier molecular flexibility index (Phi) is 8.62. The van der Waals surface area contributed by atoms with Crippen molar-refractivity contribution >= 4 is 35.1 Å². The molecule has 1 aliphatic rings. The molecule has 1 aliphatic heterocycles. The lowest BCUT2D eigenvalue weighted by atomic mass is 10.0. The van der Waals surface area contributed by atoms with Crippen LogP contribution in [0.25, 0.3) is 0 Å². The summed E-state index contributed by atoms with van der Waals surface area (Å²) in [6.07, 6.45) is 0.445. The van der Waals surface area contributed by atoms with Gasteiger partial charge in [-0.1, -0.05) is 43.6 Å². The summed E-state index contributed by atoms with van der Waals surface area (Å²) in [6, 6.07) is 10.9. The number of hydrogen-bond donors (Lipinski definition) is 2. The molecule has 0 aromatic heterocycles. The first-order valence-corrected chi connectivity index (χ1v) is 12.2. The molecule has 3 rings (SSSR count). The zero-order valence-corrected chi connectivity index (χ0v) is 21.3. The van der Waals surface area contributed by atoms with Crippen molar-refractivity contribution in [2.24, 2.45) is 11.7 Å². The predicted molar refractivity (Wildman–Crippen MR) is 137 cm³/mol. The minimum Gasteiger partial charge on any atom is -0.494 e. The SMILES string of the molecule is CCOc1ccc(C(=O)N2C[C@H](C)N(C(=O)N[C@H](CC(C)C)C(N)=O)Cc3ccccc32)c(Cl)c1. The molecule has 0 unspecified atom stereocenters. The van der Waals surface area contributed by atoms with Crippen LogP contribution in [0.1, 0.15) is 50.0 Å². The molecule has 188 valence electrons. The number of urea groups is 1. The number of carbonyl (C=O) groups excluding carboxylic acids is 3. The average molecular weight is 501 g/mol. The van der Waals surface area contributed by atoms with Crippen LogP contribution in [0.5, 0.6) is 5.75 Å². The highest BCUT2D eigenvalue weighted by atomic mass is 35.5. The summed E-state index contributed by atoms with van der Waals surface area (Å²) in [6.45, 7) is 8.68. The molecule has 9 heteroatoms. The number of fused-ring (bicyclic) bond motifs is 1. The molecule has 0 bridgehead atoms. The zero-order valence-electron chi connectivity index (χ0n) is 20.6. The Bertz CT molecular complexity index is 1090. The molecule has 2 aromatic carbocycles. The van der Waals surface area contributed by atoms with Gasteiger partial charge >= 0.3 is 6.03 Å². The van der Waals surface area contributed by atoms with Gasteiger partial charge in [-0.2, -0.15) is 0 Å². The van der Waals surface area contributed by atoms with Crippen molar-refractivity contribution in [2.45, 2.75) is 52.7 Å². The highest BCUT2D eigenvalue weighted by Crippen LogP contribution is 2.31. The minimum atomic E-state index is -0.770. The van der Waals surface area contributed by atoms with E-state index in [1.165, 1.54) is 0 Å². The van der Waals surface area contributed by atoms with Crippen LogP contribution < -0.4 is 20.7 Å². The quantitative estimate of drug-likeness (QED) is 0.594. The Balaban J connectivity index is 1.90. The number of halogens is 1. The van der Waals surface area contributed by atoms with Gasteiger partial charge in [-0.25, -0.2) is 4.79 Å². The highest BCUT2D eigenvalue weighted by molar-refractivity contribution is 6.34. The van der Waals surface area contributed by atoms with Crippen molar-refractivity contribution in [2.75, 3.05) is 18.1 Å². The summed E-state index contributed by atoms with van der Waals surface area (Å²) in [4.78, 5) is 42.1. The molecule has 3 N–H and O–H groups in total. The maximum atomic E-state index is 13.6. The lowest BCUT2D eigenvalue weighted by Gasteiger charge is -2.31. The molecule has 0 spiro atoms. The van der Waals surface area contributed by atoms with E-state index < -0.39 is 18.0 Å². The van der Waals surface area contributed by atoms with Crippen LogP contribution in [0.15, 0.2) is 42.5 Å². The van der Waals surface area contributed by atoms with E-state index >= 15 is 0 Å². The molecular weight excluding hydrogens is 468 g/mol. The lowest BCUT2D eigenvalue weighted by Crippen LogP contribution is -2.53. The summed E-state index contributed by atoms with van der Waals surface area (Å²) in [5.41, 5.74) is 7.39. The van der Waals surface area contributed by atoms with E-state index in [2.05, 4.69) is 5.32 Å². The Morgan fingerprint density at radius 2 is 1.91 bits per heavy atom. The monoisotopic (exact) mass is 500 g/mol. The van der Waals surface area contributed by atoms with Crippen molar-refractivity contribution in [3.8, 4) is 5.75 Å². The van der Waals surface area contributed by atoms with Crippen LogP contribution in [0.4, 0.5) is 10.5 Å². The number of carbonyl (C=O) groups is 3. The lowest BCUT2D eigenvalue weighted by molar-refractivity contribution is -0.120. The van der Waals surface area contributed by atoms with Crippen LogP contribution in [-0.4, -0.2) is 48.0 Å². The van der Waals surface area contributed by atoms with E-state index in [9.17, 15) is 14.4 Å². The number of para-hydroxylation sites is 1.